The van der Waals surface area contributed by atoms with Crippen LogP contribution in [0.15, 0.2) is 54.7 Å². The minimum atomic E-state index is -0.194. The van der Waals surface area contributed by atoms with Crippen molar-refractivity contribution in [2.45, 2.75) is 63.7 Å². The number of rotatable bonds is 9. The lowest BCUT2D eigenvalue weighted by atomic mass is 9.81. The molecular weight excluding hydrogens is 520 g/mol. The van der Waals surface area contributed by atoms with Gasteiger partial charge in [-0.3, -0.25) is 9.59 Å². The topological polar surface area (TPSA) is 102 Å². The highest BCUT2D eigenvalue weighted by atomic mass is 16.5. The molecule has 0 spiro atoms. The molecule has 0 saturated carbocycles. The van der Waals surface area contributed by atoms with E-state index < -0.39 is 0 Å². The van der Waals surface area contributed by atoms with Gasteiger partial charge in [-0.25, -0.2) is 4.98 Å². The molecule has 2 N–H and O–H groups in total. The molecule has 1 aromatic heterocycles. The van der Waals surface area contributed by atoms with E-state index in [0.717, 1.165) is 49.0 Å². The fourth-order valence-electron chi connectivity index (χ4n) is 6.14. The molecule has 2 amide bonds. The van der Waals surface area contributed by atoms with Gasteiger partial charge in [-0.2, -0.15) is 0 Å². The van der Waals surface area contributed by atoms with Crippen LogP contribution < -0.4 is 29.7 Å². The van der Waals surface area contributed by atoms with Crippen LogP contribution in [0.25, 0.3) is 0 Å². The van der Waals surface area contributed by atoms with Crippen LogP contribution >= 0.6 is 0 Å². The molecule has 2 unspecified atom stereocenters. The first-order chi connectivity index (χ1) is 19.9. The Morgan fingerprint density at radius 3 is 2.27 bits per heavy atom. The molecule has 3 heterocycles. The van der Waals surface area contributed by atoms with Gasteiger partial charge in [0.15, 0.2) is 0 Å². The molecule has 41 heavy (non-hydrogen) atoms. The number of amides is 2. The van der Waals surface area contributed by atoms with Crippen LogP contribution in [0, 0.1) is 6.92 Å². The highest BCUT2D eigenvalue weighted by molar-refractivity contribution is 5.96. The molecule has 0 aliphatic carbocycles. The number of nitrogens with zero attached hydrogens (tertiary/aromatic N) is 2. The number of carbonyl (C=O) groups excluding carboxylic acids is 2. The summed E-state index contributed by atoms with van der Waals surface area (Å²) in [5.74, 6) is 2.68. The fourth-order valence-corrected chi connectivity index (χ4v) is 6.14. The Balaban J connectivity index is 0.00000253. The lowest BCUT2D eigenvalue weighted by molar-refractivity contribution is 0.0914. The van der Waals surface area contributed by atoms with Gasteiger partial charge < -0.3 is 29.7 Å². The van der Waals surface area contributed by atoms with Crippen molar-refractivity contribution < 1.29 is 26.7 Å². The average Bonchev–Trinajstić information content (AvgIpc) is 2.99. The number of hydrogen-bond acceptors (Lipinski definition) is 7. The molecule has 2 fully saturated rings. The van der Waals surface area contributed by atoms with Crippen molar-refractivity contribution in [1.29, 1.82) is 0 Å². The summed E-state index contributed by atoms with van der Waals surface area (Å²) in [5, 5.41) is 6.24. The third kappa shape index (κ3) is 6.24. The van der Waals surface area contributed by atoms with Gasteiger partial charge in [0, 0.05) is 50.9 Å². The number of pyridine rings is 1. The maximum absolute atomic E-state index is 13.1. The smallest absolute Gasteiger partial charge is 0.253 e. The predicted molar refractivity (Wildman–Crippen MR) is 161 cm³/mol. The molecule has 5 rings (SSSR count). The van der Waals surface area contributed by atoms with E-state index in [9.17, 15) is 9.59 Å². The van der Waals surface area contributed by atoms with E-state index in [2.05, 4.69) is 15.5 Å². The lowest BCUT2D eigenvalue weighted by Gasteiger charge is -2.49. The Labute approximate surface area is 244 Å². The summed E-state index contributed by atoms with van der Waals surface area (Å²) in [6.45, 7) is 2.25. The number of nitrogens with one attached hydrogen (secondary N) is 2. The second-order valence-electron chi connectivity index (χ2n) is 10.7. The van der Waals surface area contributed by atoms with Gasteiger partial charge in [0.25, 0.3) is 11.8 Å². The summed E-state index contributed by atoms with van der Waals surface area (Å²) in [4.78, 5) is 33.1. The SMILES string of the molecule is COc1cc(CNC(=O)c2ccc(N3C4CCCC3CC(NC(=O)c3cccc(OC)c3C)C4)nc2)cc(OC)c1.[HH].[HH]. The zero-order valence-corrected chi connectivity index (χ0v) is 24.1. The second kappa shape index (κ2) is 12.5. The van der Waals surface area contributed by atoms with E-state index >= 15 is 0 Å². The van der Waals surface area contributed by atoms with Gasteiger partial charge in [-0.15, -0.1) is 0 Å². The second-order valence-corrected chi connectivity index (χ2v) is 10.7. The molecule has 9 heteroatoms. The third-order valence-electron chi connectivity index (χ3n) is 8.20. The molecule has 9 nitrogen and oxygen atoms in total. The van der Waals surface area contributed by atoms with Gasteiger partial charge in [-0.1, -0.05) is 6.07 Å². The molecule has 2 bridgehead atoms. The van der Waals surface area contributed by atoms with Crippen molar-refractivity contribution in [2.24, 2.45) is 0 Å². The first-order valence-corrected chi connectivity index (χ1v) is 14.1. The van der Waals surface area contributed by atoms with Crippen LogP contribution in [0.1, 0.15) is 66.8 Å². The van der Waals surface area contributed by atoms with Gasteiger partial charge in [0.05, 0.1) is 26.9 Å². The average molecular weight is 563 g/mol. The van der Waals surface area contributed by atoms with Crippen molar-refractivity contribution in [1.82, 2.24) is 15.6 Å². The molecule has 2 aromatic carbocycles. The van der Waals surface area contributed by atoms with Crippen LogP contribution in [0.4, 0.5) is 5.82 Å². The minimum absolute atomic E-state index is 0. The summed E-state index contributed by atoms with van der Waals surface area (Å²) < 4.78 is 16.0. The first kappa shape index (κ1) is 28.3. The third-order valence-corrected chi connectivity index (χ3v) is 8.20. The Bertz CT molecular complexity index is 1370. The number of carbonyl (C=O) groups is 2. The van der Waals surface area contributed by atoms with Crippen molar-refractivity contribution in [3.8, 4) is 17.2 Å². The van der Waals surface area contributed by atoms with Gasteiger partial charge >= 0.3 is 0 Å². The molecule has 3 aromatic rings. The van der Waals surface area contributed by atoms with Crippen molar-refractivity contribution in [3.05, 3.63) is 77.0 Å². The van der Waals surface area contributed by atoms with Gasteiger partial charge in [0.1, 0.15) is 23.1 Å². The van der Waals surface area contributed by atoms with Crippen molar-refractivity contribution in [3.63, 3.8) is 0 Å². The molecule has 0 radical (unpaired) electrons. The number of methoxy groups -OCH3 is 3. The zero-order chi connectivity index (χ0) is 28.9. The summed E-state index contributed by atoms with van der Waals surface area (Å²) in [6.07, 6.45) is 6.63. The van der Waals surface area contributed by atoms with E-state index in [-0.39, 0.29) is 32.8 Å². The molecule has 2 aliphatic rings. The summed E-state index contributed by atoms with van der Waals surface area (Å²) in [5.41, 5.74) is 2.88. The van der Waals surface area contributed by atoms with E-state index in [1.807, 2.05) is 49.4 Å². The zero-order valence-electron chi connectivity index (χ0n) is 24.1. The number of hydrogen-bond donors (Lipinski definition) is 2. The molecule has 220 valence electrons. The normalized spacial score (nSPS) is 19.7. The van der Waals surface area contributed by atoms with Crippen molar-refractivity contribution in [2.75, 3.05) is 26.2 Å². The first-order valence-electron chi connectivity index (χ1n) is 14.1. The Kier molecular flexibility index (Phi) is 8.61. The molecule has 2 saturated heterocycles. The minimum Gasteiger partial charge on any atom is -0.497 e. The Morgan fingerprint density at radius 1 is 0.951 bits per heavy atom. The number of ether oxygens (including phenoxy) is 3. The maximum Gasteiger partial charge on any atom is 0.253 e. The van der Waals surface area contributed by atoms with Gasteiger partial charge in [0.2, 0.25) is 0 Å². The standard InChI is InChI=1S/C32H38N4O5.2H2/c1-20-28(9-6-10-29(20)41-4)32(38)35-23-15-24-7-5-8-25(16-23)36(24)30-12-11-22(19-33-30)31(37)34-18-21-13-26(39-2)17-27(14-21)40-3;;/h6,9-14,17,19,23-25H,5,7-8,15-16,18H2,1-4H3,(H,34,37)(H,35,38);2*1H. The van der Waals surface area contributed by atoms with Crippen molar-refractivity contribution >= 4 is 17.6 Å². The number of fused-ring (bicyclic) bond motifs is 2. The number of anilines is 1. The predicted octanol–water partition coefficient (Wildman–Crippen LogP) is 5.16. The van der Waals surface area contributed by atoms with E-state index in [0.29, 0.717) is 34.9 Å². The van der Waals surface area contributed by atoms with Crippen LogP contribution in [-0.2, 0) is 6.54 Å². The number of piperidine rings is 2. The fraction of sp³-hybridized carbons (Fsp3) is 0.406. The number of aromatic nitrogens is 1. The lowest BCUT2D eigenvalue weighted by Crippen LogP contribution is -2.57. The molecule has 2 aliphatic heterocycles. The quantitative estimate of drug-likeness (QED) is 0.372. The van der Waals surface area contributed by atoms with Crippen LogP contribution in [0.5, 0.6) is 17.2 Å². The molecular formula is C32H42N4O5. The molecule has 2 atom stereocenters. The van der Waals surface area contributed by atoms with E-state index in [1.54, 1.807) is 33.6 Å². The van der Waals surface area contributed by atoms with Crippen LogP contribution in [-0.4, -0.2) is 56.3 Å². The Morgan fingerprint density at radius 2 is 1.66 bits per heavy atom. The Hall–Kier alpha value is -4.27. The monoisotopic (exact) mass is 562 g/mol. The van der Waals surface area contributed by atoms with Gasteiger partial charge in [-0.05, 0) is 81.0 Å². The summed E-state index contributed by atoms with van der Waals surface area (Å²) in [6, 6.07) is 15.5. The van der Waals surface area contributed by atoms with Crippen LogP contribution in [0.2, 0.25) is 0 Å². The largest absolute Gasteiger partial charge is 0.497 e. The summed E-state index contributed by atoms with van der Waals surface area (Å²) >= 11 is 0. The highest BCUT2D eigenvalue weighted by Gasteiger charge is 2.39. The maximum atomic E-state index is 13.1. The highest BCUT2D eigenvalue weighted by Crippen LogP contribution is 2.37. The van der Waals surface area contributed by atoms with E-state index in [1.165, 1.54) is 0 Å². The summed E-state index contributed by atoms with van der Waals surface area (Å²) in [7, 11) is 4.81. The van der Waals surface area contributed by atoms with E-state index in [4.69, 9.17) is 19.2 Å². The van der Waals surface area contributed by atoms with Crippen LogP contribution in [0.3, 0.4) is 0 Å². The number of benzene rings is 2.